The smallest absolute Gasteiger partial charge is 0.187 e. The fourth-order valence-electron chi connectivity index (χ4n) is 2.17. The van der Waals surface area contributed by atoms with Gasteiger partial charge in [-0.05, 0) is 31.1 Å². The van der Waals surface area contributed by atoms with Crippen molar-refractivity contribution in [1.29, 1.82) is 0 Å². The Morgan fingerprint density at radius 1 is 1.25 bits per heavy atom. The van der Waals surface area contributed by atoms with Crippen LogP contribution in [0.25, 0.3) is 6.08 Å². The monoisotopic (exact) mass is 232 g/mol. The minimum atomic E-state index is -1.34. The summed E-state index contributed by atoms with van der Waals surface area (Å²) >= 11 is 0. The lowest BCUT2D eigenvalue weighted by atomic mass is 10.1. The van der Waals surface area contributed by atoms with Crippen molar-refractivity contribution < 1.29 is 4.43 Å². The Balaban J connectivity index is 1.97. The van der Waals surface area contributed by atoms with Crippen molar-refractivity contribution in [1.82, 2.24) is 0 Å². The van der Waals surface area contributed by atoms with Gasteiger partial charge in [-0.15, -0.1) is 0 Å². The maximum absolute atomic E-state index is 6.15. The molecule has 0 radical (unpaired) electrons. The lowest BCUT2D eigenvalue weighted by Gasteiger charge is -2.33. The van der Waals surface area contributed by atoms with E-state index in [0.29, 0.717) is 6.10 Å². The molecule has 0 bridgehead atoms. The molecule has 0 aromatic heterocycles. The van der Waals surface area contributed by atoms with Crippen LogP contribution in [0.15, 0.2) is 36.4 Å². The maximum Gasteiger partial charge on any atom is 0.187 e. The van der Waals surface area contributed by atoms with Gasteiger partial charge in [-0.3, -0.25) is 0 Å². The van der Waals surface area contributed by atoms with E-state index in [1.54, 1.807) is 0 Å². The Labute approximate surface area is 99.3 Å². The predicted octanol–water partition coefficient (Wildman–Crippen LogP) is 4.08. The first-order chi connectivity index (χ1) is 7.66. The van der Waals surface area contributed by atoms with Gasteiger partial charge in [0.15, 0.2) is 8.32 Å². The minimum absolute atomic E-state index is 0.343. The van der Waals surface area contributed by atoms with Crippen molar-refractivity contribution in [2.75, 3.05) is 0 Å². The van der Waals surface area contributed by atoms with E-state index in [0.717, 1.165) is 0 Å². The molecular weight excluding hydrogens is 212 g/mol. The highest BCUT2D eigenvalue weighted by atomic mass is 28.4. The van der Waals surface area contributed by atoms with Gasteiger partial charge in [0, 0.05) is 0 Å². The van der Waals surface area contributed by atoms with Crippen molar-refractivity contribution >= 4 is 14.4 Å². The van der Waals surface area contributed by atoms with Gasteiger partial charge in [-0.1, -0.05) is 48.9 Å². The zero-order valence-electron chi connectivity index (χ0n) is 10.1. The van der Waals surface area contributed by atoms with Crippen LogP contribution in [0, 0.1) is 0 Å². The average molecular weight is 232 g/mol. The third-order valence-corrected chi connectivity index (χ3v) is 5.54. The van der Waals surface area contributed by atoms with Crippen LogP contribution in [0.5, 0.6) is 0 Å². The molecule has 1 aliphatic rings. The molecule has 0 N–H and O–H groups in total. The Kier molecular flexibility index (Phi) is 3.61. The maximum atomic E-state index is 6.15. The molecular formula is C14H20OSi. The largest absolute Gasteiger partial charge is 0.411 e. The van der Waals surface area contributed by atoms with Gasteiger partial charge in [0.2, 0.25) is 0 Å². The summed E-state index contributed by atoms with van der Waals surface area (Å²) < 4.78 is 6.15. The van der Waals surface area contributed by atoms with Gasteiger partial charge in [0.05, 0.1) is 6.10 Å². The van der Waals surface area contributed by atoms with E-state index in [-0.39, 0.29) is 0 Å². The van der Waals surface area contributed by atoms with Gasteiger partial charge in [-0.2, -0.15) is 0 Å². The Hall–Kier alpha value is -0.863. The molecule has 16 heavy (non-hydrogen) atoms. The normalized spacial score (nSPS) is 24.8. The number of rotatable bonds is 2. The molecule has 1 atom stereocenters. The summed E-state index contributed by atoms with van der Waals surface area (Å²) in [6.45, 7) is 4.63. The predicted molar refractivity (Wildman–Crippen MR) is 71.9 cm³/mol. The van der Waals surface area contributed by atoms with Gasteiger partial charge in [0.1, 0.15) is 0 Å². The topological polar surface area (TPSA) is 9.23 Å². The van der Waals surface area contributed by atoms with Crippen molar-refractivity contribution in [3.05, 3.63) is 42.0 Å². The van der Waals surface area contributed by atoms with E-state index in [9.17, 15) is 0 Å². The van der Waals surface area contributed by atoms with Gasteiger partial charge in [0.25, 0.3) is 0 Å². The molecule has 0 spiro atoms. The van der Waals surface area contributed by atoms with Crippen molar-refractivity contribution in [2.45, 2.75) is 38.1 Å². The molecule has 2 rings (SSSR count). The molecule has 0 amide bonds. The van der Waals surface area contributed by atoms with Gasteiger partial charge < -0.3 is 4.43 Å². The molecule has 1 saturated heterocycles. The molecule has 1 nitrogen and oxygen atoms in total. The summed E-state index contributed by atoms with van der Waals surface area (Å²) in [4.78, 5) is 0. The summed E-state index contributed by atoms with van der Waals surface area (Å²) in [6, 6.07) is 11.7. The van der Waals surface area contributed by atoms with Gasteiger partial charge in [-0.25, -0.2) is 0 Å². The minimum Gasteiger partial charge on any atom is -0.411 e. The van der Waals surface area contributed by atoms with Crippen LogP contribution in [0.1, 0.15) is 18.4 Å². The first-order valence-electron chi connectivity index (χ1n) is 6.07. The first kappa shape index (κ1) is 11.6. The zero-order valence-corrected chi connectivity index (χ0v) is 11.1. The Bertz CT molecular complexity index is 356. The highest BCUT2D eigenvalue weighted by molar-refractivity contribution is 6.71. The highest BCUT2D eigenvalue weighted by Crippen LogP contribution is 2.26. The van der Waals surface area contributed by atoms with E-state index in [2.05, 4.69) is 49.5 Å². The summed E-state index contributed by atoms with van der Waals surface area (Å²) in [5.74, 6) is 0. The van der Waals surface area contributed by atoms with Crippen LogP contribution in [0.3, 0.4) is 0 Å². The molecule has 1 aliphatic heterocycles. The van der Waals surface area contributed by atoms with Crippen LogP contribution in [0.2, 0.25) is 19.1 Å². The highest BCUT2D eigenvalue weighted by Gasteiger charge is 2.29. The summed E-state index contributed by atoms with van der Waals surface area (Å²) in [5.41, 5.74) is 1.26. The fraction of sp³-hybridized carbons (Fsp3) is 0.429. The molecule has 1 heterocycles. The third kappa shape index (κ3) is 3.32. The van der Waals surface area contributed by atoms with Crippen LogP contribution in [-0.2, 0) is 4.43 Å². The van der Waals surface area contributed by atoms with E-state index >= 15 is 0 Å². The molecule has 1 aromatic rings. The average Bonchev–Trinajstić information content (AvgIpc) is 2.27. The summed E-state index contributed by atoms with van der Waals surface area (Å²) in [6.07, 6.45) is 7.25. The van der Waals surface area contributed by atoms with E-state index < -0.39 is 8.32 Å². The van der Waals surface area contributed by atoms with E-state index in [4.69, 9.17) is 4.43 Å². The molecule has 1 fully saturated rings. The van der Waals surface area contributed by atoms with Crippen LogP contribution >= 0.6 is 0 Å². The second-order valence-corrected chi connectivity index (χ2v) is 9.33. The third-order valence-electron chi connectivity index (χ3n) is 3.04. The summed E-state index contributed by atoms with van der Waals surface area (Å²) in [5, 5.41) is 0. The standard InChI is InChI=1S/C14H20OSi/c1-16(2)12-6-9-14(15-16)11-10-13-7-4-3-5-8-13/h3-5,7-8,10-11,14H,6,9,12H2,1-2H3. The lowest BCUT2D eigenvalue weighted by molar-refractivity contribution is 0.206. The molecule has 0 aliphatic carbocycles. The Morgan fingerprint density at radius 3 is 2.69 bits per heavy atom. The Morgan fingerprint density at radius 2 is 2.00 bits per heavy atom. The van der Waals surface area contributed by atoms with Crippen molar-refractivity contribution in [2.24, 2.45) is 0 Å². The first-order valence-corrected chi connectivity index (χ1v) is 9.18. The zero-order chi connectivity index (χ0) is 11.4. The second-order valence-electron chi connectivity index (χ2n) is 5.08. The number of hydrogen-bond acceptors (Lipinski definition) is 1. The number of hydrogen-bond donors (Lipinski definition) is 0. The second kappa shape index (κ2) is 4.98. The quantitative estimate of drug-likeness (QED) is 0.698. The lowest BCUT2D eigenvalue weighted by Crippen LogP contribution is -2.38. The fourth-order valence-corrected chi connectivity index (χ4v) is 4.36. The van der Waals surface area contributed by atoms with Crippen molar-refractivity contribution in [3.8, 4) is 0 Å². The van der Waals surface area contributed by atoms with Crippen molar-refractivity contribution in [3.63, 3.8) is 0 Å². The van der Waals surface area contributed by atoms with Gasteiger partial charge >= 0.3 is 0 Å². The van der Waals surface area contributed by atoms with Crippen LogP contribution < -0.4 is 0 Å². The van der Waals surface area contributed by atoms with Crippen LogP contribution in [-0.4, -0.2) is 14.4 Å². The van der Waals surface area contributed by atoms with E-state index in [1.807, 2.05) is 6.07 Å². The number of benzene rings is 1. The summed E-state index contributed by atoms with van der Waals surface area (Å²) in [7, 11) is -1.34. The molecule has 1 unspecified atom stereocenters. The molecule has 0 saturated carbocycles. The molecule has 1 aromatic carbocycles. The molecule has 2 heteroatoms. The van der Waals surface area contributed by atoms with E-state index in [1.165, 1.54) is 24.4 Å². The SMILES string of the molecule is C[Si]1(C)CCCC(C=Cc2ccccc2)O1. The molecule has 86 valence electrons. The van der Waals surface area contributed by atoms with Crippen LogP contribution in [0.4, 0.5) is 0 Å².